The predicted octanol–water partition coefficient (Wildman–Crippen LogP) is 10.3. The normalized spacial score (nSPS) is 13.4. The van der Waals surface area contributed by atoms with Gasteiger partial charge in [0.15, 0.2) is 6.10 Å². The summed E-state index contributed by atoms with van der Waals surface area (Å²) in [5.74, 6) is -0.826. The van der Waals surface area contributed by atoms with E-state index in [1.165, 1.54) is 122 Å². The summed E-state index contributed by atoms with van der Waals surface area (Å²) >= 11 is 0. The smallest absolute Gasteiger partial charge is 0.462 e. The molecule has 2 atom stereocenters. The number of carbonyl (C=O) groups excluding carboxylic acids is 2. The lowest BCUT2D eigenvalue weighted by Crippen LogP contribution is -2.29. The number of esters is 2. The van der Waals surface area contributed by atoms with E-state index < -0.39 is 26.5 Å². The van der Waals surface area contributed by atoms with Crippen LogP contribution in [0.2, 0.25) is 0 Å². The molecule has 0 aromatic heterocycles. The van der Waals surface area contributed by atoms with Gasteiger partial charge in [0.2, 0.25) is 0 Å². The van der Waals surface area contributed by atoms with Crippen LogP contribution >= 0.6 is 7.82 Å². The fourth-order valence-corrected chi connectivity index (χ4v) is 6.27. The van der Waals surface area contributed by atoms with Gasteiger partial charge in [0.25, 0.3) is 0 Å². The molecule has 1 unspecified atom stereocenters. The van der Waals surface area contributed by atoms with Crippen molar-refractivity contribution in [3.8, 4) is 0 Å². The minimum Gasteiger partial charge on any atom is -0.462 e. The molecule has 0 fully saturated rings. The molecule has 0 saturated heterocycles. The van der Waals surface area contributed by atoms with Gasteiger partial charge in [-0.1, -0.05) is 155 Å². The first-order chi connectivity index (χ1) is 22.8. The number of phosphoric ester groups is 1. The quantitative estimate of drug-likeness (QED) is 0.0282. The Hall–Kier alpha value is -0.990. The van der Waals surface area contributed by atoms with Gasteiger partial charge in [-0.2, -0.15) is 6.42 Å². The molecule has 0 spiro atoms. The number of hydrogen-bond acceptors (Lipinski definition) is 8. The topological polar surface area (TPSA) is 134 Å². The van der Waals surface area contributed by atoms with Crippen LogP contribution in [-0.2, 0) is 32.7 Å². The largest absolute Gasteiger partial charge is 0.472 e. The van der Waals surface area contributed by atoms with Gasteiger partial charge in [-0.05, 0) is 12.8 Å². The molecule has 9 nitrogen and oxygen atoms in total. The van der Waals surface area contributed by atoms with Gasteiger partial charge in [0, 0.05) is 19.4 Å². The van der Waals surface area contributed by atoms with Crippen molar-refractivity contribution in [1.82, 2.24) is 0 Å². The molecule has 0 aromatic carbocycles. The van der Waals surface area contributed by atoms with Gasteiger partial charge in [0.1, 0.15) is 6.61 Å². The molecular formula is C37H73NO8P-. The molecule has 0 aliphatic heterocycles. The Labute approximate surface area is 288 Å². The zero-order chi connectivity index (χ0) is 34.7. The summed E-state index contributed by atoms with van der Waals surface area (Å²) in [4.78, 5) is 34.7. The fraction of sp³-hybridized carbons (Fsp3) is 0.919. The van der Waals surface area contributed by atoms with Crippen LogP contribution in [0.4, 0.5) is 0 Å². The van der Waals surface area contributed by atoms with Crippen molar-refractivity contribution in [2.24, 2.45) is 5.73 Å². The van der Waals surface area contributed by atoms with Crippen LogP contribution in [0, 0.1) is 6.92 Å². The second-order valence-electron chi connectivity index (χ2n) is 13.0. The first-order valence-corrected chi connectivity index (χ1v) is 20.8. The number of nitrogens with two attached hydrogens (primary N) is 1. The number of rotatable bonds is 37. The summed E-state index contributed by atoms with van der Waals surface area (Å²) < 4.78 is 32.6. The highest BCUT2D eigenvalue weighted by Crippen LogP contribution is 2.43. The van der Waals surface area contributed by atoms with Gasteiger partial charge < -0.3 is 27.0 Å². The maximum Gasteiger partial charge on any atom is 0.472 e. The molecule has 47 heavy (non-hydrogen) atoms. The molecule has 0 amide bonds. The molecule has 0 saturated carbocycles. The van der Waals surface area contributed by atoms with Crippen molar-refractivity contribution in [1.29, 1.82) is 0 Å². The van der Waals surface area contributed by atoms with E-state index in [4.69, 9.17) is 24.3 Å². The molecular weight excluding hydrogens is 617 g/mol. The van der Waals surface area contributed by atoms with Gasteiger partial charge in [0.05, 0.1) is 13.2 Å². The first kappa shape index (κ1) is 46.0. The van der Waals surface area contributed by atoms with E-state index in [-0.39, 0.29) is 38.6 Å². The number of carbonyl (C=O) groups is 2. The third-order valence-corrected chi connectivity index (χ3v) is 9.37. The van der Waals surface area contributed by atoms with Gasteiger partial charge in [-0.15, -0.1) is 0 Å². The average Bonchev–Trinajstić information content (AvgIpc) is 3.05. The zero-order valence-corrected chi connectivity index (χ0v) is 31.1. The number of hydrogen-bond donors (Lipinski definition) is 2. The average molecular weight is 691 g/mol. The van der Waals surface area contributed by atoms with E-state index in [1.807, 2.05) is 0 Å². The minimum absolute atomic E-state index is 0.0559. The third-order valence-electron chi connectivity index (χ3n) is 8.39. The van der Waals surface area contributed by atoms with Crippen LogP contribution in [-0.4, -0.2) is 49.3 Å². The molecule has 0 bridgehead atoms. The number of ether oxygens (including phenoxy) is 2. The van der Waals surface area contributed by atoms with Crippen LogP contribution in [0.3, 0.4) is 0 Å². The fourth-order valence-electron chi connectivity index (χ4n) is 5.50. The Kier molecular flexibility index (Phi) is 34.1. The predicted molar refractivity (Wildman–Crippen MR) is 192 cm³/mol. The standard InChI is InChI=1S/C37H73NO8P/c1-3-5-7-9-11-13-15-16-17-18-20-22-24-26-28-30-37(40)46-35(34-45-47(41,42)44-32-31-38)33-43-36(39)29-27-25-23-21-19-14-12-10-8-6-4-2/h35H,2-34,38H2,1H3,(H,41,42)/q-1/t35-/m1/s1. The molecule has 280 valence electrons. The summed E-state index contributed by atoms with van der Waals surface area (Å²) in [5.41, 5.74) is 5.33. The first-order valence-electron chi connectivity index (χ1n) is 19.3. The lowest BCUT2D eigenvalue weighted by Gasteiger charge is -2.19. The van der Waals surface area contributed by atoms with Crippen LogP contribution in [0.25, 0.3) is 0 Å². The molecule has 0 aliphatic rings. The second kappa shape index (κ2) is 34.9. The van der Waals surface area contributed by atoms with E-state index >= 15 is 0 Å². The molecule has 0 rings (SSSR count). The Morgan fingerprint density at radius 3 is 1.45 bits per heavy atom. The monoisotopic (exact) mass is 691 g/mol. The lowest BCUT2D eigenvalue weighted by molar-refractivity contribution is -0.161. The summed E-state index contributed by atoms with van der Waals surface area (Å²) in [5, 5.41) is 0. The molecule has 0 heterocycles. The maximum absolute atomic E-state index is 12.5. The SMILES string of the molecule is [CH2-]CCCCCCCCCCCCC(=O)OC[C@H](COP(=O)(O)OCCN)OC(=O)CCCCCCCCCCCCCCCCC. The van der Waals surface area contributed by atoms with Crippen molar-refractivity contribution >= 4 is 19.8 Å². The van der Waals surface area contributed by atoms with E-state index in [1.54, 1.807) is 0 Å². The Morgan fingerprint density at radius 2 is 1.02 bits per heavy atom. The molecule has 0 aromatic rings. The summed E-state index contributed by atoms with van der Waals surface area (Å²) in [6, 6.07) is 0. The molecule has 0 radical (unpaired) electrons. The number of phosphoric acid groups is 1. The van der Waals surface area contributed by atoms with E-state index in [2.05, 4.69) is 13.8 Å². The van der Waals surface area contributed by atoms with Crippen molar-refractivity contribution < 1.29 is 37.6 Å². The van der Waals surface area contributed by atoms with Crippen LogP contribution < -0.4 is 5.73 Å². The Balaban J connectivity index is 4.17. The van der Waals surface area contributed by atoms with Crippen LogP contribution in [0.15, 0.2) is 0 Å². The van der Waals surface area contributed by atoms with Crippen molar-refractivity contribution in [2.45, 2.75) is 193 Å². The molecule has 10 heteroatoms. The van der Waals surface area contributed by atoms with Gasteiger partial charge in [-0.25, -0.2) is 4.57 Å². The Morgan fingerprint density at radius 1 is 0.617 bits per heavy atom. The minimum atomic E-state index is -4.36. The highest BCUT2D eigenvalue weighted by molar-refractivity contribution is 7.47. The van der Waals surface area contributed by atoms with Gasteiger partial charge in [-0.3, -0.25) is 18.6 Å². The highest BCUT2D eigenvalue weighted by atomic mass is 31.2. The van der Waals surface area contributed by atoms with Crippen molar-refractivity contribution in [3.05, 3.63) is 6.92 Å². The maximum atomic E-state index is 12.5. The third kappa shape index (κ3) is 34.7. The van der Waals surface area contributed by atoms with E-state index in [0.29, 0.717) is 6.42 Å². The Bertz CT molecular complexity index is 754. The lowest BCUT2D eigenvalue weighted by atomic mass is 10.0. The van der Waals surface area contributed by atoms with E-state index in [9.17, 15) is 19.0 Å². The molecule has 0 aliphatic carbocycles. The summed E-state index contributed by atoms with van der Waals surface area (Å²) in [6.07, 6.45) is 30.7. The number of unbranched alkanes of at least 4 members (excludes halogenated alkanes) is 24. The van der Waals surface area contributed by atoms with Crippen LogP contribution in [0.5, 0.6) is 0 Å². The van der Waals surface area contributed by atoms with Crippen LogP contribution in [0.1, 0.15) is 187 Å². The van der Waals surface area contributed by atoms with Crippen molar-refractivity contribution in [2.75, 3.05) is 26.4 Å². The zero-order valence-electron chi connectivity index (χ0n) is 30.2. The summed E-state index contributed by atoms with van der Waals surface area (Å²) in [7, 11) is -4.36. The molecule has 3 N–H and O–H groups in total. The van der Waals surface area contributed by atoms with Crippen molar-refractivity contribution in [3.63, 3.8) is 0 Å². The second-order valence-corrected chi connectivity index (χ2v) is 14.5. The van der Waals surface area contributed by atoms with Gasteiger partial charge >= 0.3 is 19.8 Å². The van der Waals surface area contributed by atoms with E-state index in [0.717, 1.165) is 38.5 Å². The summed E-state index contributed by atoms with van der Waals surface area (Å²) in [6.45, 7) is 5.37. The highest BCUT2D eigenvalue weighted by Gasteiger charge is 2.25.